The zero-order chi connectivity index (χ0) is 15.6. The number of aliphatic hydroxyl groups is 1. The Bertz CT molecular complexity index is 623. The average molecular weight is 316 g/mol. The van der Waals surface area contributed by atoms with Gasteiger partial charge in [-0.2, -0.15) is 18.3 Å². The molecule has 0 saturated heterocycles. The number of hydrogen-bond acceptors (Lipinski definition) is 3. The third kappa shape index (κ3) is 3.59. The van der Waals surface area contributed by atoms with Crippen molar-refractivity contribution in [3.8, 4) is 5.69 Å². The highest BCUT2D eigenvalue weighted by Gasteiger charge is 2.31. The molecule has 0 aliphatic carbocycles. The third-order valence-electron chi connectivity index (χ3n) is 2.99. The van der Waals surface area contributed by atoms with E-state index >= 15 is 0 Å². The lowest BCUT2D eigenvalue weighted by Gasteiger charge is -2.14. The Balaban J connectivity index is 2.52. The monoisotopic (exact) mass is 316 g/mol. The van der Waals surface area contributed by atoms with E-state index in [2.05, 4.69) is 5.10 Å². The number of benzene rings is 1. The number of thioether (sulfide) groups is 1. The number of alkyl halides is 3. The van der Waals surface area contributed by atoms with E-state index in [9.17, 15) is 18.3 Å². The minimum atomic E-state index is -4.37. The van der Waals surface area contributed by atoms with Gasteiger partial charge in [0.2, 0.25) is 0 Å². The van der Waals surface area contributed by atoms with Crippen molar-refractivity contribution in [2.24, 2.45) is 0 Å². The Morgan fingerprint density at radius 2 is 1.95 bits per heavy atom. The molecule has 0 radical (unpaired) electrons. The Morgan fingerprint density at radius 3 is 2.52 bits per heavy atom. The fraction of sp³-hybridized carbons (Fsp3) is 0.357. The van der Waals surface area contributed by atoms with Crippen LogP contribution in [-0.2, 0) is 6.61 Å². The van der Waals surface area contributed by atoms with Crippen LogP contribution >= 0.6 is 11.8 Å². The molecule has 1 aromatic carbocycles. The summed E-state index contributed by atoms with van der Waals surface area (Å²) < 4.78 is 39.3. The van der Waals surface area contributed by atoms with Gasteiger partial charge in [-0.05, 0) is 35.4 Å². The first-order valence-corrected chi connectivity index (χ1v) is 7.18. The fourth-order valence-corrected chi connectivity index (χ4v) is 2.73. The van der Waals surface area contributed by atoms with Gasteiger partial charge in [-0.3, -0.25) is 0 Å². The van der Waals surface area contributed by atoms with Gasteiger partial charge in [0, 0.05) is 4.90 Å². The van der Waals surface area contributed by atoms with E-state index in [4.69, 9.17) is 0 Å². The quantitative estimate of drug-likeness (QED) is 0.863. The molecule has 0 fully saturated rings. The van der Waals surface area contributed by atoms with Crippen LogP contribution in [0.15, 0.2) is 35.4 Å². The number of halogens is 3. The summed E-state index contributed by atoms with van der Waals surface area (Å²) in [7, 11) is 0. The van der Waals surface area contributed by atoms with E-state index in [0.717, 1.165) is 5.56 Å². The number of hydrogen-bond donors (Lipinski definition) is 1. The normalized spacial score (nSPS) is 12.1. The van der Waals surface area contributed by atoms with Crippen LogP contribution in [0.3, 0.4) is 0 Å². The molecule has 1 heterocycles. The maximum absolute atomic E-state index is 12.6. The second-order valence-electron chi connectivity index (χ2n) is 4.79. The van der Waals surface area contributed by atoms with E-state index in [0.29, 0.717) is 11.4 Å². The third-order valence-corrected chi connectivity index (χ3v) is 3.79. The molecule has 0 bridgehead atoms. The van der Waals surface area contributed by atoms with Crippen molar-refractivity contribution in [1.29, 1.82) is 0 Å². The summed E-state index contributed by atoms with van der Waals surface area (Å²) in [5, 5.41) is 13.7. The summed E-state index contributed by atoms with van der Waals surface area (Å²) in [6, 6.07) is 6.15. The molecule has 0 spiro atoms. The Labute approximate surface area is 124 Å². The van der Waals surface area contributed by atoms with Gasteiger partial charge in [-0.25, -0.2) is 4.68 Å². The molecule has 114 valence electrons. The molecule has 2 rings (SSSR count). The first-order chi connectivity index (χ1) is 9.83. The molecule has 1 aromatic heterocycles. The minimum Gasteiger partial charge on any atom is -0.390 e. The number of para-hydroxylation sites is 1. The molecule has 3 nitrogen and oxygen atoms in total. The molecule has 0 aliphatic rings. The molecule has 0 unspecified atom stereocenters. The molecule has 21 heavy (non-hydrogen) atoms. The van der Waals surface area contributed by atoms with Gasteiger partial charge in [-0.15, -0.1) is 0 Å². The van der Waals surface area contributed by atoms with Crippen LogP contribution < -0.4 is 0 Å². The highest BCUT2D eigenvalue weighted by atomic mass is 32.2. The molecule has 7 heteroatoms. The molecule has 0 atom stereocenters. The molecule has 0 amide bonds. The molecule has 0 aliphatic heterocycles. The Morgan fingerprint density at radius 1 is 1.29 bits per heavy atom. The summed E-state index contributed by atoms with van der Waals surface area (Å²) in [6.07, 6.45) is 1.59. The van der Waals surface area contributed by atoms with Crippen molar-refractivity contribution < 1.29 is 18.3 Å². The predicted octanol–water partition coefficient (Wildman–Crippen LogP) is 4.10. The number of aromatic nitrogens is 2. The molecule has 1 N–H and O–H groups in total. The molecular formula is C14H15F3N2OS. The van der Waals surface area contributed by atoms with Crippen LogP contribution in [0.2, 0.25) is 0 Å². The summed E-state index contributed by atoms with van der Waals surface area (Å²) in [5.74, 6) is 0.128. The number of rotatable bonds is 4. The first kappa shape index (κ1) is 15.9. The van der Waals surface area contributed by atoms with Crippen molar-refractivity contribution in [3.63, 3.8) is 0 Å². The van der Waals surface area contributed by atoms with Crippen LogP contribution in [0.4, 0.5) is 13.2 Å². The van der Waals surface area contributed by atoms with Crippen molar-refractivity contribution >= 4 is 11.8 Å². The van der Waals surface area contributed by atoms with Crippen LogP contribution in [0.25, 0.3) is 5.69 Å². The highest BCUT2D eigenvalue weighted by Crippen LogP contribution is 2.40. The zero-order valence-corrected chi connectivity index (χ0v) is 12.4. The van der Waals surface area contributed by atoms with Crippen LogP contribution in [0, 0.1) is 0 Å². The zero-order valence-electron chi connectivity index (χ0n) is 11.6. The predicted molar refractivity (Wildman–Crippen MR) is 75.5 cm³/mol. The van der Waals surface area contributed by atoms with Gasteiger partial charge < -0.3 is 5.11 Å². The summed E-state index contributed by atoms with van der Waals surface area (Å²) in [4.78, 5) is 0.0538. The van der Waals surface area contributed by atoms with Gasteiger partial charge >= 0.3 is 5.51 Å². The molecule has 2 aromatic rings. The van der Waals surface area contributed by atoms with E-state index in [-0.39, 0.29) is 29.2 Å². The minimum absolute atomic E-state index is 0.0538. The molecular weight excluding hydrogens is 301 g/mol. The van der Waals surface area contributed by atoms with Gasteiger partial charge in [-0.1, -0.05) is 26.0 Å². The van der Waals surface area contributed by atoms with Gasteiger partial charge in [0.25, 0.3) is 0 Å². The smallest absolute Gasteiger partial charge is 0.390 e. The van der Waals surface area contributed by atoms with Crippen LogP contribution in [0.1, 0.15) is 31.0 Å². The topological polar surface area (TPSA) is 38.0 Å². The second kappa shape index (κ2) is 6.11. The van der Waals surface area contributed by atoms with E-state index in [1.807, 2.05) is 13.8 Å². The van der Waals surface area contributed by atoms with E-state index in [1.54, 1.807) is 24.4 Å². The van der Waals surface area contributed by atoms with Crippen molar-refractivity contribution in [3.05, 3.63) is 41.7 Å². The average Bonchev–Trinajstić information content (AvgIpc) is 2.81. The van der Waals surface area contributed by atoms with Crippen molar-refractivity contribution in [1.82, 2.24) is 9.78 Å². The van der Waals surface area contributed by atoms with E-state index in [1.165, 1.54) is 10.7 Å². The maximum atomic E-state index is 12.6. The second-order valence-corrected chi connectivity index (χ2v) is 5.89. The lowest BCUT2D eigenvalue weighted by molar-refractivity contribution is -0.0328. The number of aliphatic hydroxyl groups excluding tert-OH is 1. The Kier molecular flexibility index (Phi) is 4.63. The van der Waals surface area contributed by atoms with Crippen LogP contribution in [-0.4, -0.2) is 20.4 Å². The van der Waals surface area contributed by atoms with Gasteiger partial charge in [0.05, 0.1) is 24.2 Å². The lowest BCUT2D eigenvalue weighted by atomic mass is 10.0. The standard InChI is InChI=1S/C14H15F3N2OS/c1-9(2)10-7-18-19(12(10)8-20)11-5-3-4-6-13(11)21-14(15,16)17/h3-7,9,20H,8H2,1-2H3. The van der Waals surface area contributed by atoms with Gasteiger partial charge in [0.15, 0.2) is 0 Å². The SMILES string of the molecule is CC(C)c1cnn(-c2ccccc2SC(F)(F)F)c1CO. The largest absolute Gasteiger partial charge is 0.446 e. The maximum Gasteiger partial charge on any atom is 0.446 e. The lowest BCUT2D eigenvalue weighted by Crippen LogP contribution is -2.07. The van der Waals surface area contributed by atoms with Crippen molar-refractivity contribution in [2.75, 3.05) is 0 Å². The Hall–Kier alpha value is -1.47. The number of nitrogens with zero attached hydrogens (tertiary/aromatic N) is 2. The summed E-state index contributed by atoms with van der Waals surface area (Å²) in [5.41, 5.74) is -2.72. The summed E-state index contributed by atoms with van der Waals surface area (Å²) >= 11 is -0.183. The first-order valence-electron chi connectivity index (χ1n) is 6.36. The molecule has 0 saturated carbocycles. The van der Waals surface area contributed by atoms with Crippen LogP contribution in [0.5, 0.6) is 0 Å². The highest BCUT2D eigenvalue weighted by molar-refractivity contribution is 8.00. The van der Waals surface area contributed by atoms with Crippen molar-refractivity contribution in [2.45, 2.75) is 36.8 Å². The summed E-state index contributed by atoms with van der Waals surface area (Å²) in [6.45, 7) is 3.60. The fourth-order valence-electron chi connectivity index (χ4n) is 2.08. The van der Waals surface area contributed by atoms with E-state index < -0.39 is 5.51 Å². The van der Waals surface area contributed by atoms with Gasteiger partial charge in [0.1, 0.15) is 0 Å².